The molecule has 2 heterocycles. The van der Waals surface area contributed by atoms with Crippen molar-refractivity contribution in [2.24, 2.45) is 0 Å². The summed E-state index contributed by atoms with van der Waals surface area (Å²) in [5.74, 6) is -0.301. The van der Waals surface area contributed by atoms with E-state index in [4.69, 9.17) is 16.3 Å². The fraction of sp³-hybridized carbons (Fsp3) is 0.348. The zero-order chi connectivity index (χ0) is 21.1. The predicted molar refractivity (Wildman–Crippen MR) is 116 cm³/mol. The Morgan fingerprint density at radius 1 is 1.30 bits per heavy atom. The molecule has 0 saturated heterocycles. The van der Waals surface area contributed by atoms with Crippen molar-refractivity contribution in [3.05, 3.63) is 70.1 Å². The molecule has 158 valence electrons. The first-order chi connectivity index (χ1) is 14.6. The summed E-state index contributed by atoms with van der Waals surface area (Å²) in [6.45, 7) is 4.34. The van der Waals surface area contributed by atoms with Gasteiger partial charge in [0.1, 0.15) is 5.82 Å². The molecule has 0 radical (unpaired) electrons. The van der Waals surface area contributed by atoms with Crippen molar-refractivity contribution in [2.75, 3.05) is 26.3 Å². The molecule has 5 nitrogen and oxygen atoms in total. The van der Waals surface area contributed by atoms with Crippen LogP contribution in [0.5, 0.6) is 0 Å². The van der Waals surface area contributed by atoms with E-state index in [1.165, 1.54) is 12.1 Å². The number of carbonyl (C=O) groups is 1. The van der Waals surface area contributed by atoms with E-state index in [9.17, 15) is 9.18 Å². The highest BCUT2D eigenvalue weighted by Crippen LogP contribution is 2.39. The van der Waals surface area contributed by atoms with E-state index in [0.717, 1.165) is 40.6 Å². The van der Waals surface area contributed by atoms with E-state index in [2.05, 4.69) is 10.3 Å². The number of carbonyl (C=O) groups excluding carboxylic acids is 1. The third-order valence-electron chi connectivity index (χ3n) is 5.48. The van der Waals surface area contributed by atoms with Crippen LogP contribution in [0.4, 0.5) is 9.18 Å². The summed E-state index contributed by atoms with van der Waals surface area (Å²) in [6, 6.07) is 11.6. The van der Waals surface area contributed by atoms with E-state index >= 15 is 0 Å². The Morgan fingerprint density at radius 3 is 2.87 bits per heavy atom. The lowest BCUT2D eigenvalue weighted by Gasteiger charge is -2.36. The molecule has 0 bridgehead atoms. The number of aromatic nitrogens is 1. The van der Waals surface area contributed by atoms with E-state index in [1.807, 2.05) is 30.0 Å². The Labute approximate surface area is 180 Å². The molecule has 0 unspecified atom stereocenters. The number of hydrogen-bond donors (Lipinski definition) is 2. The summed E-state index contributed by atoms with van der Waals surface area (Å²) >= 11 is 6.22. The Balaban J connectivity index is 1.66. The van der Waals surface area contributed by atoms with Crippen molar-refractivity contribution in [1.82, 2.24) is 15.2 Å². The number of nitrogens with one attached hydrogen (secondary N) is 2. The molecule has 0 fully saturated rings. The highest BCUT2D eigenvalue weighted by atomic mass is 35.5. The third-order valence-corrected chi connectivity index (χ3v) is 5.72. The molecule has 7 heteroatoms. The second-order valence-electron chi connectivity index (χ2n) is 7.39. The minimum atomic E-state index is -0.326. The summed E-state index contributed by atoms with van der Waals surface area (Å²) in [5, 5.41) is 4.74. The van der Waals surface area contributed by atoms with Crippen molar-refractivity contribution >= 4 is 28.5 Å². The molecule has 1 aromatic heterocycles. The van der Waals surface area contributed by atoms with Crippen LogP contribution in [0.25, 0.3) is 10.9 Å². The lowest BCUT2D eigenvalue weighted by atomic mass is 9.92. The van der Waals surface area contributed by atoms with Crippen molar-refractivity contribution < 1.29 is 13.9 Å². The summed E-state index contributed by atoms with van der Waals surface area (Å²) in [4.78, 5) is 18.3. The molecule has 3 aromatic rings. The third kappa shape index (κ3) is 4.16. The Morgan fingerprint density at radius 2 is 2.10 bits per heavy atom. The number of amides is 2. The average Bonchev–Trinajstić information content (AvgIpc) is 3.11. The van der Waals surface area contributed by atoms with Gasteiger partial charge in [0.05, 0.1) is 6.04 Å². The predicted octanol–water partition coefficient (Wildman–Crippen LogP) is 5.04. The number of nitrogens with zero attached hydrogens (tertiary/aromatic N) is 1. The van der Waals surface area contributed by atoms with Crippen molar-refractivity contribution in [1.29, 1.82) is 0 Å². The summed E-state index contributed by atoms with van der Waals surface area (Å²) in [6.07, 6.45) is 1.48. The number of aromatic amines is 1. The summed E-state index contributed by atoms with van der Waals surface area (Å²) in [7, 11) is 0. The van der Waals surface area contributed by atoms with Crippen LogP contribution in [-0.4, -0.2) is 42.2 Å². The Kier molecular flexibility index (Phi) is 6.25. The van der Waals surface area contributed by atoms with Crippen LogP contribution in [0, 0.1) is 5.82 Å². The molecule has 0 spiro atoms. The van der Waals surface area contributed by atoms with Gasteiger partial charge in [0.25, 0.3) is 0 Å². The molecule has 1 aliphatic rings. The normalized spacial score (nSPS) is 16.0. The number of urea groups is 1. The highest BCUT2D eigenvalue weighted by molar-refractivity contribution is 6.31. The SMILES string of the molecule is CCOCCCNC(=O)N1CCc2c([nH]c3ccc(Cl)cc23)[C@@H]1c1ccc(F)cc1. The molecule has 0 saturated carbocycles. The van der Waals surface area contributed by atoms with Crippen LogP contribution in [0.1, 0.15) is 36.2 Å². The number of fused-ring (bicyclic) bond motifs is 3. The van der Waals surface area contributed by atoms with Gasteiger partial charge in [-0.2, -0.15) is 0 Å². The average molecular weight is 430 g/mol. The lowest BCUT2D eigenvalue weighted by Crippen LogP contribution is -2.46. The molecule has 2 amide bonds. The molecule has 0 aliphatic carbocycles. The van der Waals surface area contributed by atoms with Gasteiger partial charge in [-0.15, -0.1) is 0 Å². The lowest BCUT2D eigenvalue weighted by molar-refractivity contribution is 0.143. The van der Waals surface area contributed by atoms with E-state index in [-0.39, 0.29) is 17.9 Å². The van der Waals surface area contributed by atoms with Gasteiger partial charge in [-0.3, -0.25) is 0 Å². The van der Waals surface area contributed by atoms with Gasteiger partial charge in [-0.1, -0.05) is 23.7 Å². The van der Waals surface area contributed by atoms with E-state index < -0.39 is 0 Å². The molecule has 1 atom stereocenters. The van der Waals surface area contributed by atoms with Crippen LogP contribution in [0.15, 0.2) is 42.5 Å². The van der Waals surface area contributed by atoms with E-state index in [0.29, 0.717) is 31.3 Å². The standard InChI is InChI=1S/C23H25ClFN3O2/c1-2-30-13-3-11-26-23(29)28-12-10-18-19-14-16(24)6-9-20(19)27-21(18)22(28)15-4-7-17(25)8-5-15/h4-9,14,22,27H,2-3,10-13H2,1H3,(H,26,29)/t22-/m0/s1. The van der Waals surface area contributed by atoms with Gasteiger partial charge in [-0.05, 0) is 61.2 Å². The van der Waals surface area contributed by atoms with Crippen LogP contribution in [-0.2, 0) is 11.2 Å². The molecule has 4 rings (SSSR count). The topological polar surface area (TPSA) is 57.4 Å². The number of rotatable bonds is 6. The molecule has 2 aromatic carbocycles. The fourth-order valence-electron chi connectivity index (χ4n) is 4.09. The number of halogens is 2. The smallest absolute Gasteiger partial charge is 0.318 e. The molecular formula is C23H25ClFN3O2. The highest BCUT2D eigenvalue weighted by Gasteiger charge is 2.34. The first-order valence-electron chi connectivity index (χ1n) is 10.3. The van der Waals surface area contributed by atoms with Gasteiger partial charge in [0, 0.05) is 47.9 Å². The monoisotopic (exact) mass is 429 g/mol. The van der Waals surface area contributed by atoms with Gasteiger partial charge in [-0.25, -0.2) is 9.18 Å². The largest absolute Gasteiger partial charge is 0.382 e. The van der Waals surface area contributed by atoms with Crippen LogP contribution in [0.3, 0.4) is 0 Å². The van der Waals surface area contributed by atoms with Crippen LogP contribution >= 0.6 is 11.6 Å². The molecule has 1 aliphatic heterocycles. The quantitative estimate of drug-likeness (QED) is 0.539. The molecule has 30 heavy (non-hydrogen) atoms. The first kappa shape index (κ1) is 20.7. The Bertz CT molecular complexity index is 1030. The van der Waals surface area contributed by atoms with Crippen molar-refractivity contribution in [3.63, 3.8) is 0 Å². The van der Waals surface area contributed by atoms with Crippen LogP contribution < -0.4 is 5.32 Å². The second-order valence-corrected chi connectivity index (χ2v) is 7.82. The number of H-pyrrole nitrogens is 1. The van der Waals surface area contributed by atoms with Gasteiger partial charge >= 0.3 is 6.03 Å². The number of benzene rings is 2. The maximum atomic E-state index is 13.6. The van der Waals surface area contributed by atoms with E-state index in [1.54, 1.807) is 12.1 Å². The van der Waals surface area contributed by atoms with Gasteiger partial charge < -0.3 is 19.9 Å². The summed E-state index contributed by atoms with van der Waals surface area (Å²) in [5.41, 5.74) is 3.95. The summed E-state index contributed by atoms with van der Waals surface area (Å²) < 4.78 is 18.9. The van der Waals surface area contributed by atoms with Crippen molar-refractivity contribution in [2.45, 2.75) is 25.8 Å². The molecular weight excluding hydrogens is 405 g/mol. The number of hydrogen-bond acceptors (Lipinski definition) is 2. The van der Waals surface area contributed by atoms with Crippen LogP contribution in [0.2, 0.25) is 5.02 Å². The fourth-order valence-corrected chi connectivity index (χ4v) is 4.26. The second kappa shape index (κ2) is 9.06. The molecule has 2 N–H and O–H groups in total. The van der Waals surface area contributed by atoms with Crippen molar-refractivity contribution in [3.8, 4) is 0 Å². The maximum absolute atomic E-state index is 13.6. The van der Waals surface area contributed by atoms with Gasteiger partial charge in [0.2, 0.25) is 0 Å². The Hall–Kier alpha value is -2.57. The number of ether oxygens (including phenoxy) is 1. The minimum Gasteiger partial charge on any atom is -0.382 e. The zero-order valence-electron chi connectivity index (χ0n) is 16.9. The maximum Gasteiger partial charge on any atom is 0.318 e. The zero-order valence-corrected chi connectivity index (χ0v) is 17.6. The first-order valence-corrected chi connectivity index (χ1v) is 10.6. The minimum absolute atomic E-state index is 0.136. The van der Waals surface area contributed by atoms with Gasteiger partial charge in [0.15, 0.2) is 0 Å².